The van der Waals surface area contributed by atoms with E-state index in [0.29, 0.717) is 0 Å². The highest BCUT2D eigenvalue weighted by Gasteiger charge is 2.62. The predicted octanol–water partition coefficient (Wildman–Crippen LogP) is 5.48. The van der Waals surface area contributed by atoms with Gasteiger partial charge in [-0.2, -0.15) is 0 Å². The molecule has 0 atom stereocenters. The average Bonchev–Trinajstić information content (AvgIpc) is 1.91. The summed E-state index contributed by atoms with van der Waals surface area (Å²) >= 11 is 12.4. The van der Waals surface area contributed by atoms with E-state index in [1.807, 2.05) is 0 Å². The van der Waals surface area contributed by atoms with Gasteiger partial charge in [0.25, 0.3) is 0 Å². The minimum absolute atomic E-state index is 1.02. The third-order valence-electron chi connectivity index (χ3n) is 3.63. The summed E-state index contributed by atoms with van der Waals surface area (Å²) in [6.07, 6.45) is 0. The van der Waals surface area contributed by atoms with Crippen LogP contribution in [-0.4, -0.2) is 29.6 Å². The smallest absolute Gasteiger partial charge is 0.150 e. The van der Waals surface area contributed by atoms with Crippen molar-refractivity contribution in [2.75, 3.05) is 0 Å². The summed E-state index contributed by atoms with van der Waals surface area (Å²) in [6, 6.07) is 0. The van der Waals surface area contributed by atoms with Gasteiger partial charge in [-0.05, 0) is 0 Å². The lowest BCUT2D eigenvalue weighted by Gasteiger charge is -2.57. The standard InChI is InChI=1S/C9H28Cl2NPSi4/c1-14(2,3)17(12-13(10)11,15(4,5)6)16(7,8)9/h12H,1-9H3. The highest BCUT2D eigenvalue weighted by Crippen LogP contribution is 2.48. The van der Waals surface area contributed by atoms with Crippen LogP contribution in [-0.2, 0) is 0 Å². The molecule has 17 heavy (non-hydrogen) atoms. The van der Waals surface area contributed by atoms with Crippen molar-refractivity contribution in [3.8, 4) is 0 Å². The van der Waals surface area contributed by atoms with Crippen molar-refractivity contribution in [1.29, 1.82) is 0 Å². The van der Waals surface area contributed by atoms with Crippen LogP contribution in [0.3, 0.4) is 0 Å². The molecule has 0 spiro atoms. The summed E-state index contributed by atoms with van der Waals surface area (Å²) in [6.45, 7) is 20.2. The molecule has 0 heterocycles. The van der Waals surface area contributed by atoms with E-state index in [-0.39, 0.29) is 0 Å². The normalized spacial score (nSPS) is 15.5. The Morgan fingerprint density at radius 2 is 0.882 bits per heavy atom. The fourth-order valence-electron chi connectivity index (χ4n) is 4.00. The van der Waals surface area contributed by atoms with Crippen LogP contribution in [0.25, 0.3) is 0 Å². The number of rotatable bonds is 5. The summed E-state index contributed by atoms with van der Waals surface area (Å²) in [5.74, 6) is 0. The number of hydrogen-bond donors (Lipinski definition) is 1. The second kappa shape index (κ2) is 5.68. The molecule has 0 aromatic rings. The zero-order chi connectivity index (χ0) is 14.3. The molecule has 0 aromatic heterocycles. The molecule has 1 N–H and O–H groups in total. The van der Waals surface area contributed by atoms with Crippen molar-refractivity contribution in [2.45, 2.75) is 58.9 Å². The molecule has 0 aromatic carbocycles. The van der Waals surface area contributed by atoms with Crippen LogP contribution in [0.1, 0.15) is 0 Å². The van der Waals surface area contributed by atoms with E-state index in [9.17, 15) is 0 Å². The Labute approximate surface area is 122 Å². The molecule has 0 rings (SSSR count). The SMILES string of the molecule is C[Si](C)(C)[Si](NP(Cl)Cl)([Si](C)(C)C)[Si](C)(C)C. The lowest BCUT2D eigenvalue weighted by atomic mass is 11.8. The Kier molecular flexibility index (Phi) is 6.29. The van der Waals surface area contributed by atoms with E-state index in [1.165, 1.54) is 0 Å². The van der Waals surface area contributed by atoms with E-state index >= 15 is 0 Å². The first-order valence-corrected chi connectivity index (χ1v) is 24.7. The Morgan fingerprint density at radius 1 is 0.647 bits per heavy atom. The van der Waals surface area contributed by atoms with Gasteiger partial charge in [0.15, 0.2) is 0 Å². The van der Waals surface area contributed by atoms with Crippen LogP contribution in [0.4, 0.5) is 0 Å². The van der Waals surface area contributed by atoms with Gasteiger partial charge >= 0.3 is 0 Å². The Morgan fingerprint density at radius 3 is 0.941 bits per heavy atom. The van der Waals surface area contributed by atoms with Crippen molar-refractivity contribution >= 4 is 58.8 Å². The lowest BCUT2D eigenvalue weighted by Crippen LogP contribution is -2.88. The lowest BCUT2D eigenvalue weighted by molar-refractivity contribution is 1.54. The molecule has 0 aliphatic heterocycles. The highest BCUT2D eigenvalue weighted by atomic mass is 35.9. The van der Waals surface area contributed by atoms with E-state index in [4.69, 9.17) is 22.5 Å². The van der Waals surface area contributed by atoms with Gasteiger partial charge < -0.3 is 0 Å². The molecule has 0 amide bonds. The first kappa shape index (κ1) is 18.8. The molecule has 0 radical (unpaired) electrons. The summed E-state index contributed by atoms with van der Waals surface area (Å²) in [7, 11) is -3.82. The Balaban J connectivity index is 5.93. The third kappa shape index (κ3) is 3.91. The summed E-state index contributed by atoms with van der Waals surface area (Å²) in [5.41, 5.74) is 0. The average molecular weight is 365 g/mol. The van der Waals surface area contributed by atoms with Gasteiger partial charge in [0, 0.05) is 0 Å². The molecule has 1 nitrogen and oxygen atoms in total. The molecule has 0 aliphatic rings. The second-order valence-corrected chi connectivity index (χ2v) is 51.5. The predicted molar refractivity (Wildman–Crippen MR) is 97.6 cm³/mol. The first-order valence-electron chi connectivity index (χ1n) is 6.06. The summed E-state index contributed by atoms with van der Waals surface area (Å²) in [5, 5.41) is 0. The van der Waals surface area contributed by atoms with Gasteiger partial charge in [0.1, 0.15) is 13.6 Å². The zero-order valence-corrected chi connectivity index (χ0v) is 19.1. The van der Waals surface area contributed by atoms with E-state index in [2.05, 4.69) is 63.7 Å². The molecule has 0 aliphatic carbocycles. The van der Waals surface area contributed by atoms with Crippen molar-refractivity contribution in [3.05, 3.63) is 0 Å². The van der Waals surface area contributed by atoms with Gasteiger partial charge in [-0.1, -0.05) is 81.4 Å². The van der Waals surface area contributed by atoms with Crippen LogP contribution < -0.4 is 4.75 Å². The van der Waals surface area contributed by atoms with Crippen LogP contribution in [0.2, 0.25) is 58.9 Å². The van der Waals surface area contributed by atoms with Crippen LogP contribution >= 0.6 is 29.3 Å². The van der Waals surface area contributed by atoms with Gasteiger partial charge in [-0.25, -0.2) is 0 Å². The zero-order valence-electron chi connectivity index (χ0n) is 12.7. The first-order chi connectivity index (χ1) is 7.17. The second-order valence-electron chi connectivity index (χ2n) is 7.84. The topological polar surface area (TPSA) is 12.0 Å². The number of hydrogen-bond acceptors (Lipinski definition) is 1. The third-order valence-corrected chi connectivity index (χ3v) is 77.7. The van der Waals surface area contributed by atoms with Gasteiger partial charge in [0.2, 0.25) is 0 Å². The highest BCUT2D eigenvalue weighted by molar-refractivity contribution is 8.07. The molecule has 8 heteroatoms. The van der Waals surface area contributed by atoms with Gasteiger partial charge in [0.05, 0.1) is 22.8 Å². The molecule has 0 bridgehead atoms. The van der Waals surface area contributed by atoms with Gasteiger partial charge in [-0.15, -0.1) is 0 Å². The molecule has 0 saturated carbocycles. The van der Waals surface area contributed by atoms with Crippen LogP contribution in [0.5, 0.6) is 0 Å². The van der Waals surface area contributed by atoms with E-state index < -0.39 is 36.3 Å². The van der Waals surface area contributed by atoms with Crippen molar-refractivity contribution < 1.29 is 0 Å². The summed E-state index contributed by atoms with van der Waals surface area (Å²) in [4.78, 5) is 0. The van der Waals surface area contributed by atoms with E-state index in [0.717, 1.165) is 0 Å². The molecule has 0 unspecified atom stereocenters. The fraction of sp³-hybridized carbons (Fsp3) is 1.00. The molecule has 104 valence electrons. The van der Waals surface area contributed by atoms with Gasteiger partial charge in [-0.3, -0.25) is 4.75 Å². The van der Waals surface area contributed by atoms with Crippen molar-refractivity contribution in [1.82, 2.24) is 4.75 Å². The maximum absolute atomic E-state index is 6.20. The van der Waals surface area contributed by atoms with E-state index in [1.54, 1.807) is 0 Å². The maximum Gasteiger partial charge on any atom is 0.150 e. The molecular weight excluding hydrogens is 336 g/mol. The molecular formula is C9H28Cl2NPSi4. The number of nitrogens with one attached hydrogen (secondary N) is 1. The number of halogens is 2. The summed E-state index contributed by atoms with van der Waals surface area (Å²) < 4.78 is 3.83. The largest absolute Gasteiger partial charge is 0.298 e. The van der Waals surface area contributed by atoms with Crippen LogP contribution in [0.15, 0.2) is 0 Å². The fourth-order valence-corrected chi connectivity index (χ4v) is 115. The molecule has 0 fully saturated rings. The van der Waals surface area contributed by atoms with Crippen molar-refractivity contribution in [2.24, 2.45) is 0 Å². The maximum atomic E-state index is 6.20. The molecule has 0 saturated heterocycles. The quantitative estimate of drug-likeness (QED) is 0.503. The Bertz CT molecular complexity index is 232. The minimum Gasteiger partial charge on any atom is -0.298 e. The Hall–Kier alpha value is 1.84. The monoisotopic (exact) mass is 363 g/mol. The van der Waals surface area contributed by atoms with Crippen molar-refractivity contribution in [3.63, 3.8) is 0 Å². The van der Waals surface area contributed by atoms with Crippen LogP contribution in [0, 0.1) is 0 Å². The minimum atomic E-state index is -1.53.